The molecule has 0 N–H and O–H groups in total. The molecule has 8 saturated carbocycles. The lowest BCUT2D eigenvalue weighted by molar-refractivity contribution is -0.194. The van der Waals surface area contributed by atoms with Crippen LogP contribution in [0.2, 0.25) is 0 Å². The molecule has 0 amide bonds. The van der Waals surface area contributed by atoms with Crippen molar-refractivity contribution in [1.29, 1.82) is 0 Å². The highest BCUT2D eigenvalue weighted by molar-refractivity contribution is 5.81. The first-order chi connectivity index (χ1) is 14.5. The number of hydrogen-bond acceptors (Lipinski definition) is 4. The first-order valence-corrected chi connectivity index (χ1v) is 12.6. The van der Waals surface area contributed by atoms with Crippen LogP contribution in [0.3, 0.4) is 0 Å². The quantitative estimate of drug-likeness (QED) is 0.388. The highest BCUT2D eigenvalue weighted by Crippen LogP contribution is 2.69. The van der Waals surface area contributed by atoms with Crippen molar-refractivity contribution in [1.82, 2.24) is 0 Å². The van der Waals surface area contributed by atoms with Gasteiger partial charge in [-0.15, -0.1) is 0 Å². The zero-order valence-electron chi connectivity index (χ0n) is 17.8. The van der Waals surface area contributed by atoms with E-state index in [2.05, 4.69) is 6.58 Å². The van der Waals surface area contributed by atoms with E-state index in [1.165, 1.54) is 38.2 Å². The monoisotopic (exact) mass is 410 g/mol. The van der Waals surface area contributed by atoms with Gasteiger partial charge in [-0.05, 0) is 117 Å². The second-order valence-corrected chi connectivity index (χ2v) is 12.3. The lowest BCUT2D eigenvalue weighted by Gasteiger charge is -2.56. The third-order valence-corrected chi connectivity index (χ3v) is 10.8. The molecule has 4 heteroatoms. The van der Waals surface area contributed by atoms with Crippen LogP contribution in [0, 0.1) is 59.2 Å². The summed E-state index contributed by atoms with van der Waals surface area (Å²) in [6, 6.07) is 0. The third-order valence-electron chi connectivity index (χ3n) is 10.8. The minimum Gasteiger partial charge on any atom is -0.459 e. The first kappa shape index (κ1) is 18.3. The molecule has 8 rings (SSSR count). The molecule has 0 aromatic rings. The van der Waals surface area contributed by atoms with Crippen molar-refractivity contribution < 1.29 is 19.1 Å². The Kier molecular flexibility index (Phi) is 3.74. The number of esters is 2. The Hall–Kier alpha value is -1.32. The summed E-state index contributed by atoms with van der Waals surface area (Å²) in [4.78, 5) is 25.2. The van der Waals surface area contributed by atoms with E-state index >= 15 is 0 Å². The van der Waals surface area contributed by atoms with E-state index in [9.17, 15) is 9.59 Å². The number of ether oxygens (including phenoxy) is 2. The normalized spacial score (nSPS) is 56.2. The maximum absolute atomic E-state index is 13.5. The molecular weight excluding hydrogens is 376 g/mol. The van der Waals surface area contributed by atoms with Crippen molar-refractivity contribution in [2.24, 2.45) is 59.2 Å². The predicted molar refractivity (Wildman–Crippen MR) is 110 cm³/mol. The van der Waals surface area contributed by atoms with Crippen LogP contribution in [-0.2, 0) is 19.1 Å². The molecule has 0 heterocycles. The van der Waals surface area contributed by atoms with Crippen molar-refractivity contribution in [3.63, 3.8) is 0 Å². The van der Waals surface area contributed by atoms with Crippen LogP contribution in [-0.4, -0.2) is 23.6 Å². The Morgan fingerprint density at radius 2 is 1.40 bits per heavy atom. The molecule has 0 radical (unpaired) electrons. The van der Waals surface area contributed by atoms with E-state index in [4.69, 9.17) is 9.47 Å². The van der Waals surface area contributed by atoms with Crippen LogP contribution < -0.4 is 0 Å². The van der Waals surface area contributed by atoms with Crippen molar-refractivity contribution >= 4 is 11.9 Å². The van der Waals surface area contributed by atoms with E-state index in [1.54, 1.807) is 0 Å². The number of carbonyl (C=O) groups is 2. The summed E-state index contributed by atoms with van der Waals surface area (Å²) >= 11 is 0. The second-order valence-electron chi connectivity index (χ2n) is 12.3. The Labute approximate surface area is 179 Å². The summed E-state index contributed by atoms with van der Waals surface area (Å²) in [5.74, 6) is 6.09. The summed E-state index contributed by atoms with van der Waals surface area (Å²) in [7, 11) is 0. The highest BCUT2D eigenvalue weighted by Gasteiger charge is 2.67. The summed E-state index contributed by atoms with van der Waals surface area (Å²) in [5, 5.41) is 0. The fraction of sp³-hybridized carbons (Fsp3) is 0.846. The van der Waals surface area contributed by atoms with E-state index < -0.39 is 0 Å². The van der Waals surface area contributed by atoms with Gasteiger partial charge in [0.25, 0.3) is 0 Å². The number of hydrogen-bond donors (Lipinski definition) is 0. The van der Waals surface area contributed by atoms with Crippen LogP contribution in [0.25, 0.3) is 0 Å². The lowest BCUT2D eigenvalue weighted by Crippen LogP contribution is -2.53. The van der Waals surface area contributed by atoms with Crippen molar-refractivity contribution in [2.45, 2.75) is 75.9 Å². The van der Waals surface area contributed by atoms with Gasteiger partial charge in [0.1, 0.15) is 11.7 Å². The molecule has 8 fully saturated rings. The smallest absolute Gasteiger partial charge is 0.330 e. The van der Waals surface area contributed by atoms with Gasteiger partial charge in [0, 0.05) is 6.08 Å². The van der Waals surface area contributed by atoms with Gasteiger partial charge in [0.2, 0.25) is 0 Å². The standard InChI is InChI=1S/C26H34O4/c1-2-22(27)29-21-9-17-8-20(21)24-16-6-18(23(17)24)19(7-16)25(28)30-26-10-13-3-14(11-26)5-15(4-13)12-26/h2,13-21,23-24H,1,3-12H2. The molecule has 0 saturated heterocycles. The third kappa shape index (κ3) is 2.45. The Morgan fingerprint density at radius 1 is 0.800 bits per heavy atom. The zero-order valence-corrected chi connectivity index (χ0v) is 17.8. The fourth-order valence-electron chi connectivity index (χ4n) is 10.6. The Balaban J connectivity index is 1.05. The number of carbonyl (C=O) groups excluding carboxylic acids is 2. The molecule has 8 aliphatic carbocycles. The van der Waals surface area contributed by atoms with Crippen LogP contribution >= 0.6 is 0 Å². The van der Waals surface area contributed by atoms with Crippen molar-refractivity contribution in [3.8, 4) is 0 Å². The number of fused-ring (bicyclic) bond motifs is 9. The maximum Gasteiger partial charge on any atom is 0.330 e. The van der Waals surface area contributed by atoms with Gasteiger partial charge in [-0.3, -0.25) is 4.79 Å². The van der Waals surface area contributed by atoms with E-state index in [1.807, 2.05) is 0 Å². The summed E-state index contributed by atoms with van der Waals surface area (Å²) < 4.78 is 12.2. The molecule has 8 atom stereocenters. The Morgan fingerprint density at radius 3 is 2.07 bits per heavy atom. The fourth-order valence-corrected chi connectivity index (χ4v) is 10.6. The van der Waals surface area contributed by atoms with E-state index in [0.29, 0.717) is 35.5 Å². The van der Waals surface area contributed by atoms with Crippen LogP contribution in [0.15, 0.2) is 12.7 Å². The van der Waals surface area contributed by atoms with Gasteiger partial charge >= 0.3 is 11.9 Å². The zero-order chi connectivity index (χ0) is 20.2. The van der Waals surface area contributed by atoms with E-state index in [-0.39, 0.29) is 29.6 Å². The van der Waals surface area contributed by atoms with E-state index in [0.717, 1.165) is 49.9 Å². The molecule has 0 spiro atoms. The molecule has 4 nitrogen and oxygen atoms in total. The maximum atomic E-state index is 13.5. The van der Waals surface area contributed by atoms with Gasteiger partial charge in [0.05, 0.1) is 5.92 Å². The summed E-state index contributed by atoms with van der Waals surface area (Å²) in [5.41, 5.74) is -0.105. The minimum absolute atomic E-state index is 0.0820. The van der Waals surface area contributed by atoms with Gasteiger partial charge in [0.15, 0.2) is 0 Å². The predicted octanol–water partition coefficient (Wildman–Crippen LogP) is 4.52. The summed E-state index contributed by atoms with van der Waals surface area (Å²) in [6.45, 7) is 3.55. The average Bonchev–Trinajstić information content (AvgIpc) is 3.44. The Bertz CT molecular complexity index is 766. The molecule has 0 aromatic heterocycles. The molecule has 8 bridgehead atoms. The minimum atomic E-state index is -0.274. The van der Waals surface area contributed by atoms with Gasteiger partial charge < -0.3 is 9.47 Å². The molecule has 162 valence electrons. The molecule has 8 unspecified atom stereocenters. The molecule has 0 aromatic carbocycles. The van der Waals surface area contributed by atoms with Crippen LogP contribution in [0.4, 0.5) is 0 Å². The molecule has 8 aliphatic rings. The lowest BCUT2D eigenvalue weighted by atomic mass is 9.54. The van der Waals surface area contributed by atoms with Crippen LogP contribution in [0.5, 0.6) is 0 Å². The highest BCUT2D eigenvalue weighted by atomic mass is 16.6. The van der Waals surface area contributed by atoms with Gasteiger partial charge in [-0.1, -0.05) is 6.58 Å². The summed E-state index contributed by atoms with van der Waals surface area (Å²) in [6.07, 6.45) is 13.3. The SMILES string of the molecule is C=CC(=O)OC1CC2CC1C1C3CC(C(=O)OC45CC6CC(CC(C6)C4)C5)C(C3)C21. The van der Waals surface area contributed by atoms with Crippen LogP contribution in [0.1, 0.15) is 64.2 Å². The second kappa shape index (κ2) is 6.13. The molecule has 30 heavy (non-hydrogen) atoms. The average molecular weight is 411 g/mol. The topological polar surface area (TPSA) is 52.6 Å². The first-order valence-electron chi connectivity index (χ1n) is 12.6. The molecule has 0 aliphatic heterocycles. The number of rotatable bonds is 4. The van der Waals surface area contributed by atoms with Gasteiger partial charge in [-0.2, -0.15) is 0 Å². The van der Waals surface area contributed by atoms with Crippen molar-refractivity contribution in [2.75, 3.05) is 0 Å². The largest absolute Gasteiger partial charge is 0.459 e. The molecular formula is C26H34O4. The van der Waals surface area contributed by atoms with Gasteiger partial charge in [-0.25, -0.2) is 4.79 Å². The van der Waals surface area contributed by atoms with Crippen molar-refractivity contribution in [3.05, 3.63) is 12.7 Å².